The van der Waals surface area contributed by atoms with E-state index in [0.29, 0.717) is 17.2 Å². The Labute approximate surface area is 143 Å². The summed E-state index contributed by atoms with van der Waals surface area (Å²) in [5, 5.41) is 31.2. The molecule has 0 atom stereocenters. The summed E-state index contributed by atoms with van der Waals surface area (Å²) in [4.78, 5) is 10.5. The first-order chi connectivity index (χ1) is 12.0. The van der Waals surface area contributed by atoms with Crippen molar-refractivity contribution in [2.75, 3.05) is 12.4 Å². The molecule has 2 aromatic carbocycles. The van der Waals surface area contributed by atoms with E-state index in [1.54, 1.807) is 43.5 Å². The minimum absolute atomic E-state index is 0.163. The third kappa shape index (κ3) is 4.71. The summed E-state index contributed by atoms with van der Waals surface area (Å²) < 4.78 is 10.7. The van der Waals surface area contributed by atoms with E-state index in [9.17, 15) is 10.1 Å². The number of nitrogens with one attached hydrogen (secondary N) is 1. The molecule has 0 saturated heterocycles. The van der Waals surface area contributed by atoms with E-state index in [-0.39, 0.29) is 17.0 Å². The van der Waals surface area contributed by atoms with Crippen LogP contribution >= 0.6 is 0 Å². The molecule has 0 fully saturated rings. The lowest BCUT2D eigenvalue weighted by atomic mass is 10.2. The first-order valence-electron chi connectivity index (χ1n) is 6.94. The maximum absolute atomic E-state index is 11.1. The van der Waals surface area contributed by atoms with Gasteiger partial charge in [-0.3, -0.25) is 10.1 Å². The molecule has 1 N–H and O–H groups in total. The molecular weight excluding hydrogens is 324 g/mol. The van der Waals surface area contributed by atoms with Gasteiger partial charge in [0, 0.05) is 24.0 Å². The molecule has 0 aliphatic heterocycles. The minimum Gasteiger partial charge on any atom is -0.497 e. The molecule has 25 heavy (non-hydrogen) atoms. The maximum Gasteiger partial charge on any atom is 0.275 e. The second-order valence-corrected chi connectivity index (χ2v) is 4.68. The van der Waals surface area contributed by atoms with Crippen LogP contribution in [0.1, 0.15) is 0 Å². The number of ether oxygens (including phenoxy) is 2. The van der Waals surface area contributed by atoms with Gasteiger partial charge >= 0.3 is 0 Å². The predicted octanol–water partition coefficient (Wildman–Crippen LogP) is 3.74. The molecule has 0 radical (unpaired) electrons. The van der Waals surface area contributed by atoms with Crippen molar-refractivity contribution < 1.29 is 14.4 Å². The fraction of sp³-hybridized carbons (Fsp3) is 0.0588. The van der Waals surface area contributed by atoms with Gasteiger partial charge in [-0.25, -0.2) is 0 Å². The average Bonchev–Trinajstić information content (AvgIpc) is 2.63. The average molecular weight is 336 g/mol. The zero-order chi connectivity index (χ0) is 18.2. The van der Waals surface area contributed by atoms with E-state index in [0.717, 1.165) is 6.20 Å². The van der Waals surface area contributed by atoms with Gasteiger partial charge in [-0.1, -0.05) is 0 Å². The zero-order valence-corrected chi connectivity index (χ0v) is 13.1. The molecule has 0 unspecified atom stereocenters. The van der Waals surface area contributed by atoms with Crippen molar-refractivity contribution in [2.45, 2.75) is 0 Å². The third-order valence-electron chi connectivity index (χ3n) is 3.02. The smallest absolute Gasteiger partial charge is 0.275 e. The van der Waals surface area contributed by atoms with Crippen molar-refractivity contribution in [1.29, 1.82) is 10.5 Å². The van der Waals surface area contributed by atoms with Crippen LogP contribution in [0.4, 0.5) is 11.4 Å². The topological polar surface area (TPSA) is 121 Å². The molecule has 8 heteroatoms. The van der Waals surface area contributed by atoms with Crippen LogP contribution in [-0.2, 0) is 0 Å². The van der Waals surface area contributed by atoms with Crippen molar-refractivity contribution in [3.8, 4) is 29.4 Å². The van der Waals surface area contributed by atoms with Crippen LogP contribution in [0.15, 0.2) is 54.2 Å². The number of nitrogens with zero attached hydrogens (tertiary/aromatic N) is 3. The molecule has 8 nitrogen and oxygen atoms in total. The largest absolute Gasteiger partial charge is 0.497 e. The number of non-ortho nitro benzene ring substituents is 1. The van der Waals surface area contributed by atoms with Crippen molar-refractivity contribution in [3.05, 3.63) is 64.4 Å². The number of allylic oxidation sites excluding steroid dienone is 1. The Kier molecular flexibility index (Phi) is 5.54. The summed E-state index contributed by atoms with van der Waals surface area (Å²) in [5.41, 5.74) is -0.0535. The van der Waals surface area contributed by atoms with Gasteiger partial charge in [-0.15, -0.1) is 0 Å². The molecular formula is C17H12N4O4. The van der Waals surface area contributed by atoms with Crippen LogP contribution in [0.25, 0.3) is 0 Å². The van der Waals surface area contributed by atoms with Gasteiger partial charge in [0.25, 0.3) is 5.69 Å². The quantitative estimate of drug-likeness (QED) is 0.484. The Morgan fingerprint density at radius 2 is 1.76 bits per heavy atom. The lowest BCUT2D eigenvalue weighted by molar-refractivity contribution is -0.384. The van der Waals surface area contributed by atoms with Crippen molar-refractivity contribution in [3.63, 3.8) is 0 Å². The number of nitro benzene ring substituents is 1. The highest BCUT2D eigenvalue weighted by atomic mass is 16.6. The van der Waals surface area contributed by atoms with Gasteiger partial charge in [-0.2, -0.15) is 10.5 Å². The monoisotopic (exact) mass is 336 g/mol. The first kappa shape index (κ1) is 17.3. The lowest BCUT2D eigenvalue weighted by Crippen LogP contribution is -1.95. The van der Waals surface area contributed by atoms with Gasteiger partial charge in [0.05, 0.1) is 18.1 Å². The second kappa shape index (κ2) is 7.99. The summed E-state index contributed by atoms with van der Waals surface area (Å²) in [5.74, 6) is 1.35. The van der Waals surface area contributed by atoms with Crippen LogP contribution in [-0.4, -0.2) is 12.0 Å². The van der Waals surface area contributed by atoms with Gasteiger partial charge < -0.3 is 14.8 Å². The van der Waals surface area contributed by atoms with Crippen molar-refractivity contribution in [2.24, 2.45) is 0 Å². The Morgan fingerprint density at radius 3 is 2.32 bits per heavy atom. The summed E-state index contributed by atoms with van der Waals surface area (Å²) in [7, 11) is 1.54. The Balaban J connectivity index is 2.30. The van der Waals surface area contributed by atoms with Crippen molar-refractivity contribution in [1.82, 2.24) is 0 Å². The van der Waals surface area contributed by atoms with Crippen LogP contribution in [0.5, 0.6) is 17.2 Å². The van der Waals surface area contributed by atoms with E-state index < -0.39 is 4.92 Å². The molecule has 0 saturated carbocycles. The third-order valence-corrected chi connectivity index (χ3v) is 3.02. The Hall–Kier alpha value is -4.04. The van der Waals surface area contributed by atoms with E-state index in [4.69, 9.17) is 20.0 Å². The molecule has 2 rings (SSSR count). The summed E-state index contributed by atoms with van der Waals surface area (Å²) in [6.45, 7) is 0. The highest BCUT2D eigenvalue weighted by Gasteiger charge is 2.11. The highest BCUT2D eigenvalue weighted by molar-refractivity contribution is 5.59. The standard InChI is InChI=1S/C17H12N4O4/c1-24-15-2-4-16(5-3-15)25-17-7-13(6-14(8-17)21(22)23)20-11-12(9-18)10-19/h2-8,11,20H,1H3. The number of hydrogen-bond acceptors (Lipinski definition) is 7. The number of benzene rings is 2. The van der Waals surface area contributed by atoms with E-state index in [1.807, 2.05) is 0 Å². The van der Waals surface area contributed by atoms with Gasteiger partial charge in [0.2, 0.25) is 0 Å². The molecule has 0 aliphatic rings. The van der Waals surface area contributed by atoms with Crippen LogP contribution in [0.2, 0.25) is 0 Å². The van der Waals surface area contributed by atoms with Crippen LogP contribution in [0, 0.1) is 32.8 Å². The summed E-state index contributed by atoms with van der Waals surface area (Å²) in [6.07, 6.45) is 1.16. The second-order valence-electron chi connectivity index (χ2n) is 4.68. The van der Waals surface area contributed by atoms with Crippen LogP contribution in [0.3, 0.4) is 0 Å². The Morgan fingerprint density at radius 1 is 1.12 bits per heavy atom. The summed E-state index contributed by atoms with van der Waals surface area (Å²) >= 11 is 0. The normalized spacial score (nSPS) is 9.24. The van der Waals surface area contributed by atoms with E-state index in [1.165, 1.54) is 18.2 Å². The highest BCUT2D eigenvalue weighted by Crippen LogP contribution is 2.30. The fourth-order valence-corrected chi connectivity index (χ4v) is 1.86. The number of nitro groups is 1. The molecule has 0 aromatic heterocycles. The number of anilines is 1. The van der Waals surface area contributed by atoms with Gasteiger partial charge in [0.15, 0.2) is 0 Å². The molecule has 0 heterocycles. The zero-order valence-electron chi connectivity index (χ0n) is 13.1. The molecule has 0 aliphatic carbocycles. The van der Waals surface area contributed by atoms with Gasteiger partial charge in [0.1, 0.15) is 35.0 Å². The summed E-state index contributed by atoms with van der Waals surface area (Å²) in [6, 6.07) is 14.1. The Bertz CT molecular complexity index is 876. The first-order valence-corrected chi connectivity index (χ1v) is 6.94. The van der Waals surface area contributed by atoms with Crippen LogP contribution < -0.4 is 14.8 Å². The van der Waals surface area contributed by atoms with Crippen molar-refractivity contribution >= 4 is 11.4 Å². The molecule has 2 aromatic rings. The number of methoxy groups -OCH3 is 1. The number of rotatable bonds is 6. The molecule has 0 amide bonds. The van der Waals surface area contributed by atoms with Gasteiger partial charge in [-0.05, 0) is 24.3 Å². The molecule has 0 bridgehead atoms. The molecule has 0 spiro atoms. The number of nitriles is 2. The minimum atomic E-state index is -0.564. The molecule has 124 valence electrons. The fourth-order valence-electron chi connectivity index (χ4n) is 1.86. The predicted molar refractivity (Wildman–Crippen MR) is 89.1 cm³/mol. The number of hydrogen-bond donors (Lipinski definition) is 1. The van der Waals surface area contributed by atoms with E-state index >= 15 is 0 Å². The lowest BCUT2D eigenvalue weighted by Gasteiger charge is -2.09. The maximum atomic E-state index is 11.1. The SMILES string of the molecule is COc1ccc(Oc2cc(NC=C(C#N)C#N)cc([N+](=O)[O-])c2)cc1. The van der Waals surface area contributed by atoms with E-state index in [2.05, 4.69) is 5.32 Å².